The zero-order valence-electron chi connectivity index (χ0n) is 12.9. The molecule has 0 spiro atoms. The number of nitrogens with one attached hydrogen (secondary N) is 1. The Hall–Kier alpha value is -1.65. The van der Waals surface area contributed by atoms with Gasteiger partial charge in [-0.1, -0.05) is 0 Å². The topological polar surface area (TPSA) is 77.8 Å². The molecule has 0 saturated carbocycles. The number of benzene rings is 1. The highest BCUT2D eigenvalue weighted by Crippen LogP contribution is 2.11. The van der Waals surface area contributed by atoms with E-state index in [2.05, 4.69) is 23.3 Å². The van der Waals surface area contributed by atoms with Crippen LogP contribution in [0, 0.1) is 11.3 Å². The zero-order valence-corrected chi connectivity index (χ0v) is 12.9. The second kappa shape index (κ2) is 8.71. The van der Waals surface area contributed by atoms with Gasteiger partial charge in [-0.2, -0.15) is 5.26 Å². The van der Waals surface area contributed by atoms with E-state index >= 15 is 0 Å². The monoisotopic (exact) mass is 305 g/mol. The van der Waals surface area contributed by atoms with Gasteiger partial charge in [0.1, 0.15) is 18.5 Å². The predicted molar refractivity (Wildman–Crippen MR) is 82.8 cm³/mol. The first kappa shape index (κ1) is 16.7. The van der Waals surface area contributed by atoms with Crippen LogP contribution in [0.1, 0.15) is 5.56 Å². The molecule has 2 rings (SSSR count). The second-order valence-corrected chi connectivity index (χ2v) is 5.51. The van der Waals surface area contributed by atoms with E-state index in [1.807, 2.05) is 0 Å². The maximum absolute atomic E-state index is 9.90. The van der Waals surface area contributed by atoms with Crippen molar-refractivity contribution in [1.29, 1.82) is 5.26 Å². The molecule has 22 heavy (non-hydrogen) atoms. The molecule has 2 atom stereocenters. The first-order valence-corrected chi connectivity index (χ1v) is 7.49. The van der Waals surface area contributed by atoms with Crippen molar-refractivity contribution in [2.45, 2.75) is 12.2 Å². The van der Waals surface area contributed by atoms with Crippen LogP contribution in [-0.4, -0.2) is 68.7 Å². The van der Waals surface area contributed by atoms with Gasteiger partial charge in [0.25, 0.3) is 0 Å². The minimum atomic E-state index is -0.586. The van der Waals surface area contributed by atoms with Gasteiger partial charge in [-0.3, -0.25) is 0 Å². The highest BCUT2D eigenvalue weighted by atomic mass is 16.5. The Labute approximate surface area is 131 Å². The van der Waals surface area contributed by atoms with Gasteiger partial charge >= 0.3 is 0 Å². The summed E-state index contributed by atoms with van der Waals surface area (Å²) < 4.78 is 11.1. The van der Waals surface area contributed by atoms with E-state index in [1.165, 1.54) is 0 Å². The summed E-state index contributed by atoms with van der Waals surface area (Å²) in [7, 11) is 2.08. The van der Waals surface area contributed by atoms with Gasteiger partial charge in [-0.25, -0.2) is 0 Å². The van der Waals surface area contributed by atoms with E-state index in [-0.39, 0.29) is 12.7 Å². The zero-order chi connectivity index (χ0) is 15.8. The van der Waals surface area contributed by atoms with Crippen molar-refractivity contribution < 1.29 is 14.6 Å². The lowest BCUT2D eigenvalue weighted by Crippen LogP contribution is -2.46. The van der Waals surface area contributed by atoms with Crippen molar-refractivity contribution in [1.82, 2.24) is 10.2 Å². The Morgan fingerprint density at radius 1 is 1.50 bits per heavy atom. The van der Waals surface area contributed by atoms with E-state index < -0.39 is 6.10 Å². The van der Waals surface area contributed by atoms with Crippen molar-refractivity contribution >= 4 is 0 Å². The predicted octanol–water partition coefficient (Wildman–Crippen LogP) is 0.218. The van der Waals surface area contributed by atoms with Gasteiger partial charge in [-0.15, -0.1) is 0 Å². The van der Waals surface area contributed by atoms with Gasteiger partial charge in [0.2, 0.25) is 0 Å². The number of hydrogen-bond acceptors (Lipinski definition) is 6. The van der Waals surface area contributed by atoms with Crippen LogP contribution in [0.3, 0.4) is 0 Å². The molecule has 0 aliphatic carbocycles. The number of ether oxygens (including phenoxy) is 2. The molecule has 1 heterocycles. The van der Waals surface area contributed by atoms with Gasteiger partial charge in [-0.05, 0) is 31.3 Å². The SMILES string of the molecule is CN1CCO[C@H](CNC[C@H](O)COc2ccc(C#N)cc2)C1. The normalized spacial score (nSPS) is 20.3. The van der Waals surface area contributed by atoms with E-state index in [0.29, 0.717) is 17.9 Å². The molecule has 6 nitrogen and oxygen atoms in total. The molecule has 0 unspecified atom stereocenters. The maximum Gasteiger partial charge on any atom is 0.119 e. The lowest BCUT2D eigenvalue weighted by molar-refractivity contribution is -0.0196. The molecule has 0 bridgehead atoms. The number of aliphatic hydroxyl groups excluding tert-OH is 1. The number of morpholine rings is 1. The van der Waals surface area contributed by atoms with Crippen molar-refractivity contribution in [3.63, 3.8) is 0 Å². The van der Waals surface area contributed by atoms with Crippen LogP contribution >= 0.6 is 0 Å². The van der Waals surface area contributed by atoms with Crippen LogP contribution in [0.4, 0.5) is 0 Å². The first-order valence-electron chi connectivity index (χ1n) is 7.49. The van der Waals surface area contributed by atoms with Crippen molar-refractivity contribution in [3.8, 4) is 11.8 Å². The number of rotatable bonds is 7. The standard InChI is InChI=1S/C16H23N3O3/c1-19-6-7-21-16(11-19)10-18-9-14(20)12-22-15-4-2-13(8-17)3-5-15/h2-5,14,16,18,20H,6-7,9-12H2,1H3/t14-,16+/m0/s1. The largest absolute Gasteiger partial charge is 0.491 e. The van der Waals surface area contributed by atoms with Crippen LogP contribution in [0.5, 0.6) is 5.75 Å². The summed E-state index contributed by atoms with van der Waals surface area (Å²) in [6.07, 6.45) is -0.414. The minimum Gasteiger partial charge on any atom is -0.491 e. The summed E-state index contributed by atoms with van der Waals surface area (Å²) in [6, 6.07) is 8.89. The molecule has 1 aromatic carbocycles. The number of hydrogen-bond donors (Lipinski definition) is 2. The molecule has 1 saturated heterocycles. The van der Waals surface area contributed by atoms with Gasteiger partial charge in [0.05, 0.1) is 24.3 Å². The highest BCUT2D eigenvalue weighted by Gasteiger charge is 2.17. The lowest BCUT2D eigenvalue weighted by atomic mass is 10.2. The molecular weight excluding hydrogens is 282 g/mol. The maximum atomic E-state index is 9.90. The Balaban J connectivity index is 1.61. The Kier molecular flexibility index (Phi) is 6.62. The van der Waals surface area contributed by atoms with Crippen molar-refractivity contribution in [3.05, 3.63) is 29.8 Å². The van der Waals surface area contributed by atoms with Crippen molar-refractivity contribution in [2.75, 3.05) is 46.4 Å². The molecular formula is C16H23N3O3. The molecule has 1 fully saturated rings. The van der Waals surface area contributed by atoms with Crippen LogP contribution in [0.15, 0.2) is 24.3 Å². The molecule has 0 radical (unpaired) electrons. The third-order valence-corrected chi connectivity index (χ3v) is 3.52. The van der Waals surface area contributed by atoms with Gasteiger partial charge in [0.15, 0.2) is 0 Å². The molecule has 1 aliphatic rings. The van der Waals surface area contributed by atoms with E-state index in [1.54, 1.807) is 24.3 Å². The summed E-state index contributed by atoms with van der Waals surface area (Å²) >= 11 is 0. The van der Waals surface area contributed by atoms with Gasteiger partial charge in [0, 0.05) is 26.2 Å². The molecule has 1 aromatic rings. The Bertz CT molecular complexity index is 486. The summed E-state index contributed by atoms with van der Waals surface area (Å²) in [5.41, 5.74) is 0.590. The van der Waals surface area contributed by atoms with E-state index in [4.69, 9.17) is 14.7 Å². The Morgan fingerprint density at radius 2 is 2.27 bits per heavy atom. The van der Waals surface area contributed by atoms with E-state index in [0.717, 1.165) is 26.2 Å². The van der Waals surface area contributed by atoms with Crippen LogP contribution in [0.25, 0.3) is 0 Å². The van der Waals surface area contributed by atoms with Crippen LogP contribution in [-0.2, 0) is 4.74 Å². The van der Waals surface area contributed by atoms with Crippen molar-refractivity contribution in [2.24, 2.45) is 0 Å². The third-order valence-electron chi connectivity index (χ3n) is 3.52. The second-order valence-electron chi connectivity index (χ2n) is 5.51. The fourth-order valence-electron chi connectivity index (χ4n) is 2.28. The van der Waals surface area contributed by atoms with E-state index in [9.17, 15) is 5.11 Å². The fraction of sp³-hybridized carbons (Fsp3) is 0.562. The van der Waals surface area contributed by atoms with Crippen LogP contribution in [0.2, 0.25) is 0 Å². The first-order chi connectivity index (χ1) is 10.7. The molecule has 2 N–H and O–H groups in total. The molecule has 120 valence electrons. The Morgan fingerprint density at radius 3 is 2.95 bits per heavy atom. The fourth-order valence-corrected chi connectivity index (χ4v) is 2.28. The average Bonchev–Trinajstić information content (AvgIpc) is 2.53. The third kappa shape index (κ3) is 5.62. The molecule has 6 heteroatoms. The number of nitrogens with zero attached hydrogens (tertiary/aromatic N) is 2. The molecule has 0 amide bonds. The molecule has 0 aromatic heterocycles. The summed E-state index contributed by atoms with van der Waals surface area (Å²) in [6.45, 7) is 4.03. The number of aliphatic hydroxyl groups is 1. The smallest absolute Gasteiger partial charge is 0.119 e. The van der Waals surface area contributed by atoms with Gasteiger partial charge < -0.3 is 24.8 Å². The summed E-state index contributed by atoms with van der Waals surface area (Å²) in [5, 5.41) is 21.8. The lowest BCUT2D eigenvalue weighted by Gasteiger charge is -2.30. The summed E-state index contributed by atoms with van der Waals surface area (Å²) in [5.74, 6) is 0.648. The highest BCUT2D eigenvalue weighted by molar-refractivity contribution is 5.34. The minimum absolute atomic E-state index is 0.172. The average molecular weight is 305 g/mol. The number of likely N-dealkylation sites (N-methyl/N-ethyl adjacent to an activating group) is 1. The quantitative estimate of drug-likeness (QED) is 0.750. The molecule has 1 aliphatic heterocycles. The summed E-state index contributed by atoms with van der Waals surface area (Å²) in [4.78, 5) is 2.24. The van der Waals surface area contributed by atoms with Crippen LogP contribution < -0.4 is 10.1 Å². The number of nitriles is 1.